The zero-order valence-corrected chi connectivity index (χ0v) is 31.2. The molecule has 6 aliphatic heterocycles. The molecule has 276 valence electrons. The summed E-state index contributed by atoms with van der Waals surface area (Å²) in [5.41, 5.74) is 2.15. The van der Waals surface area contributed by atoms with Gasteiger partial charge in [-0.15, -0.1) is 11.3 Å². The van der Waals surface area contributed by atoms with Crippen LogP contribution in [0, 0.1) is 30.6 Å². The van der Waals surface area contributed by atoms with Gasteiger partial charge in [0.2, 0.25) is 23.6 Å². The number of likely N-dealkylation sites (tertiary alicyclic amines) is 2. The van der Waals surface area contributed by atoms with Crippen LogP contribution in [0.3, 0.4) is 0 Å². The highest BCUT2D eigenvalue weighted by Crippen LogP contribution is 2.36. The largest absolute Gasteiger partial charge is 0.356 e. The number of hydrogen-bond donors (Lipinski definition) is 1. The van der Waals surface area contributed by atoms with Crippen LogP contribution in [0.4, 0.5) is 0 Å². The Balaban J connectivity index is 1.08. The van der Waals surface area contributed by atoms with Gasteiger partial charge in [0.1, 0.15) is 0 Å². The first kappa shape index (κ1) is 36.1. The Labute approximate surface area is 307 Å². The summed E-state index contributed by atoms with van der Waals surface area (Å²) in [5.74, 6) is 1.41. The van der Waals surface area contributed by atoms with E-state index in [1.165, 1.54) is 5.56 Å². The molecule has 4 amide bonds. The van der Waals surface area contributed by atoms with E-state index in [0.29, 0.717) is 50.7 Å². The standard InChI is InChI=1S/C40H56N6O4S/c1-28-35-24-39(50)46-20-13-32(23-37(48)44-15-5-6-16-44)34(27-46)21-36(47)41-14-9-33-26-43(25-29-7-3-2-4-8-29)17-10-31(33)22-38(49)45-18-11-30(12-19-45)40(42-35)51-28/h2-4,7-8,30-34H,5-6,9-27H2,1H3,(H,41,47)/t31-,32-,33-,34-/m0/s1. The highest BCUT2D eigenvalue weighted by atomic mass is 32.1. The van der Waals surface area contributed by atoms with Gasteiger partial charge in [0.25, 0.3) is 0 Å². The number of piperidine rings is 3. The summed E-state index contributed by atoms with van der Waals surface area (Å²) >= 11 is 1.70. The Hall–Kier alpha value is -3.31. The molecule has 4 atom stereocenters. The number of benzene rings is 1. The third-order valence-corrected chi connectivity index (χ3v) is 13.7. The molecular formula is C40H56N6O4S. The van der Waals surface area contributed by atoms with Gasteiger partial charge in [-0.25, -0.2) is 4.98 Å². The quantitative estimate of drug-likeness (QED) is 0.496. The molecule has 4 fully saturated rings. The van der Waals surface area contributed by atoms with Crippen LogP contribution in [0.5, 0.6) is 0 Å². The molecule has 0 unspecified atom stereocenters. The lowest BCUT2D eigenvalue weighted by atomic mass is 9.80. The van der Waals surface area contributed by atoms with Gasteiger partial charge in [-0.3, -0.25) is 24.1 Å². The van der Waals surface area contributed by atoms with Gasteiger partial charge in [-0.1, -0.05) is 30.3 Å². The van der Waals surface area contributed by atoms with Crippen LogP contribution in [0.2, 0.25) is 0 Å². The van der Waals surface area contributed by atoms with Gasteiger partial charge in [0.15, 0.2) is 0 Å². The van der Waals surface area contributed by atoms with Crippen molar-refractivity contribution in [1.82, 2.24) is 29.9 Å². The lowest BCUT2D eigenvalue weighted by Gasteiger charge is -2.40. The van der Waals surface area contributed by atoms with Crippen LogP contribution >= 0.6 is 11.3 Å². The summed E-state index contributed by atoms with van der Waals surface area (Å²) < 4.78 is 0. The van der Waals surface area contributed by atoms with Gasteiger partial charge in [0, 0.05) is 89.0 Å². The van der Waals surface area contributed by atoms with Gasteiger partial charge >= 0.3 is 0 Å². The summed E-state index contributed by atoms with van der Waals surface area (Å²) in [4.78, 5) is 68.9. The highest BCUT2D eigenvalue weighted by molar-refractivity contribution is 7.11. The molecule has 4 saturated heterocycles. The SMILES string of the molecule is Cc1sc2nc1CC(=O)N1CC[C@@H](CC(=O)N3CCCC3)[C@@H](CC(=O)NCC[C@H]3CN(Cc4ccccc4)CC[C@H]3CC(=O)N3CCC2CC3)C1. The fraction of sp³-hybridized carbons (Fsp3) is 0.675. The van der Waals surface area contributed by atoms with E-state index in [2.05, 4.69) is 52.4 Å². The van der Waals surface area contributed by atoms with Crippen molar-refractivity contribution in [3.05, 3.63) is 51.5 Å². The van der Waals surface area contributed by atoms with E-state index in [1.807, 2.05) is 9.80 Å². The molecule has 2 aromatic rings. The maximum atomic E-state index is 13.8. The number of nitrogens with zero attached hydrogens (tertiary/aromatic N) is 5. The number of carbonyl (C=O) groups is 4. The Morgan fingerprint density at radius 2 is 1.59 bits per heavy atom. The zero-order chi connectivity index (χ0) is 35.3. The molecule has 11 heteroatoms. The second-order valence-corrected chi connectivity index (χ2v) is 17.1. The van der Waals surface area contributed by atoms with Crippen molar-refractivity contribution < 1.29 is 19.2 Å². The predicted octanol–water partition coefficient (Wildman–Crippen LogP) is 4.62. The second-order valence-electron chi connectivity index (χ2n) is 15.9. The van der Waals surface area contributed by atoms with Gasteiger partial charge in [-0.2, -0.15) is 0 Å². The van der Waals surface area contributed by atoms with E-state index in [4.69, 9.17) is 4.98 Å². The van der Waals surface area contributed by atoms with E-state index in [9.17, 15) is 19.2 Å². The van der Waals surface area contributed by atoms with E-state index in [1.54, 1.807) is 11.3 Å². The minimum absolute atomic E-state index is 0.00788. The lowest BCUT2D eigenvalue weighted by molar-refractivity contribution is -0.137. The number of amides is 4. The third kappa shape index (κ3) is 9.02. The summed E-state index contributed by atoms with van der Waals surface area (Å²) in [6.07, 6.45) is 8.05. The van der Waals surface area contributed by atoms with Crippen LogP contribution in [0.15, 0.2) is 30.3 Å². The van der Waals surface area contributed by atoms with Gasteiger partial charge in [-0.05, 0) is 87.6 Å². The fourth-order valence-electron chi connectivity index (χ4n) is 9.34. The number of hydrogen-bond acceptors (Lipinski definition) is 7. The first-order chi connectivity index (χ1) is 24.8. The molecule has 1 N–H and O–H groups in total. The van der Waals surface area contributed by atoms with E-state index >= 15 is 0 Å². The molecule has 6 aliphatic rings. The minimum Gasteiger partial charge on any atom is -0.356 e. The Morgan fingerprint density at radius 1 is 0.824 bits per heavy atom. The van der Waals surface area contributed by atoms with Gasteiger partial charge in [0.05, 0.1) is 17.1 Å². The van der Waals surface area contributed by atoms with Crippen molar-refractivity contribution in [2.24, 2.45) is 23.7 Å². The molecule has 10 nitrogen and oxygen atoms in total. The van der Waals surface area contributed by atoms with Crippen molar-refractivity contribution in [2.75, 3.05) is 58.9 Å². The van der Waals surface area contributed by atoms with E-state index < -0.39 is 0 Å². The van der Waals surface area contributed by atoms with Crippen molar-refractivity contribution in [2.45, 2.75) is 90.0 Å². The summed E-state index contributed by atoms with van der Waals surface area (Å²) in [5, 5.41) is 4.33. The maximum absolute atomic E-state index is 13.8. The number of fused-ring (bicyclic) bond motifs is 8. The van der Waals surface area contributed by atoms with Crippen LogP contribution in [-0.2, 0) is 32.1 Å². The van der Waals surface area contributed by atoms with Crippen LogP contribution in [0.1, 0.15) is 91.3 Å². The molecular weight excluding hydrogens is 661 g/mol. The molecule has 0 spiro atoms. The summed E-state index contributed by atoms with van der Waals surface area (Å²) in [6.45, 7) is 9.67. The normalized spacial score (nSPS) is 28.7. The lowest BCUT2D eigenvalue weighted by Crippen LogP contribution is -2.47. The molecule has 8 rings (SSSR count). The molecule has 7 heterocycles. The number of thiazole rings is 1. The Bertz CT molecular complexity index is 1530. The van der Waals surface area contributed by atoms with Gasteiger partial charge < -0.3 is 20.0 Å². The number of carbonyl (C=O) groups excluding carboxylic acids is 4. The molecule has 51 heavy (non-hydrogen) atoms. The Morgan fingerprint density at radius 3 is 2.37 bits per heavy atom. The first-order valence-electron chi connectivity index (χ1n) is 19.6. The number of aromatic nitrogens is 1. The maximum Gasteiger partial charge on any atom is 0.228 e. The molecule has 0 aliphatic carbocycles. The van der Waals surface area contributed by atoms with Crippen LogP contribution in [0.25, 0.3) is 0 Å². The smallest absolute Gasteiger partial charge is 0.228 e. The summed E-state index contributed by atoms with van der Waals surface area (Å²) in [6, 6.07) is 10.6. The molecule has 0 saturated carbocycles. The average molecular weight is 717 g/mol. The predicted molar refractivity (Wildman–Crippen MR) is 198 cm³/mol. The first-order valence-corrected chi connectivity index (χ1v) is 20.4. The van der Waals surface area contributed by atoms with Crippen molar-refractivity contribution in [3.63, 3.8) is 0 Å². The van der Waals surface area contributed by atoms with Crippen molar-refractivity contribution in [1.29, 1.82) is 0 Å². The highest BCUT2D eigenvalue weighted by Gasteiger charge is 2.37. The average Bonchev–Trinajstić information content (AvgIpc) is 3.81. The monoisotopic (exact) mass is 716 g/mol. The minimum atomic E-state index is -0.0682. The number of aryl methyl sites for hydroxylation is 1. The second kappa shape index (κ2) is 16.6. The van der Waals surface area contributed by atoms with E-state index in [-0.39, 0.29) is 47.8 Å². The topological polar surface area (TPSA) is 106 Å². The Kier molecular flexibility index (Phi) is 11.7. The van der Waals surface area contributed by atoms with Crippen molar-refractivity contribution in [3.8, 4) is 0 Å². The van der Waals surface area contributed by atoms with Crippen LogP contribution in [-0.4, -0.2) is 107 Å². The third-order valence-electron chi connectivity index (χ3n) is 12.5. The van der Waals surface area contributed by atoms with Crippen molar-refractivity contribution >= 4 is 35.0 Å². The number of nitrogens with one attached hydrogen (secondary N) is 1. The molecule has 6 bridgehead atoms. The summed E-state index contributed by atoms with van der Waals surface area (Å²) in [7, 11) is 0. The van der Waals surface area contributed by atoms with E-state index in [0.717, 1.165) is 106 Å². The molecule has 1 aromatic carbocycles. The molecule has 0 radical (unpaired) electrons. The van der Waals surface area contributed by atoms with Crippen LogP contribution < -0.4 is 5.32 Å². The zero-order valence-electron chi connectivity index (χ0n) is 30.4. The molecule has 1 aromatic heterocycles. The number of rotatable bonds is 4. The fourth-order valence-corrected chi connectivity index (χ4v) is 10.5.